The molecule has 1 unspecified atom stereocenters. The molecule has 1 aliphatic heterocycles. The van der Waals surface area contributed by atoms with Crippen LogP contribution in [0, 0.1) is 5.92 Å². The molecule has 2 aromatic rings. The Morgan fingerprint density at radius 3 is 2.44 bits per heavy atom. The van der Waals surface area contributed by atoms with Crippen LogP contribution in [-0.4, -0.2) is 38.9 Å². The zero-order valence-electron chi connectivity index (χ0n) is 15.2. The summed E-state index contributed by atoms with van der Waals surface area (Å²) in [6.45, 7) is 3.21. The highest BCUT2D eigenvalue weighted by Crippen LogP contribution is 2.26. The zero-order valence-corrected chi connectivity index (χ0v) is 16.8. The van der Waals surface area contributed by atoms with Gasteiger partial charge >= 0.3 is 0 Å². The molecule has 144 valence electrons. The van der Waals surface area contributed by atoms with Gasteiger partial charge in [-0.1, -0.05) is 36.7 Å². The summed E-state index contributed by atoms with van der Waals surface area (Å²) in [4.78, 5) is 14.8. The van der Waals surface area contributed by atoms with Gasteiger partial charge < -0.3 is 4.90 Å². The number of nitrogens with zero attached hydrogens (tertiary/aromatic N) is 2. The van der Waals surface area contributed by atoms with Crippen LogP contribution in [0.5, 0.6) is 0 Å². The first-order valence-electron chi connectivity index (χ1n) is 8.99. The standard InChI is InChI=1S/C20H23ClN2O3S/c1-16-6-5-13-22(14-16)20(24)15-23(18-11-9-17(21)10-12-18)27(25,26)19-7-3-2-4-8-19/h2-4,7-12,16H,5-6,13-15H2,1H3. The summed E-state index contributed by atoms with van der Waals surface area (Å²) < 4.78 is 27.6. The van der Waals surface area contributed by atoms with Crippen LogP contribution in [0.2, 0.25) is 5.02 Å². The number of amides is 1. The average molecular weight is 407 g/mol. The van der Waals surface area contributed by atoms with E-state index in [0.717, 1.165) is 12.8 Å². The molecule has 0 spiro atoms. The summed E-state index contributed by atoms with van der Waals surface area (Å²) in [5, 5.41) is 0.506. The molecule has 0 radical (unpaired) electrons. The van der Waals surface area contributed by atoms with Crippen molar-refractivity contribution < 1.29 is 13.2 Å². The first-order chi connectivity index (χ1) is 12.9. The topological polar surface area (TPSA) is 57.7 Å². The Morgan fingerprint density at radius 1 is 1.15 bits per heavy atom. The minimum atomic E-state index is -3.87. The monoisotopic (exact) mass is 406 g/mol. The lowest BCUT2D eigenvalue weighted by Crippen LogP contribution is -2.46. The van der Waals surface area contributed by atoms with Crippen molar-refractivity contribution in [1.29, 1.82) is 0 Å². The van der Waals surface area contributed by atoms with Crippen LogP contribution < -0.4 is 4.31 Å². The van der Waals surface area contributed by atoms with E-state index >= 15 is 0 Å². The number of anilines is 1. The molecule has 27 heavy (non-hydrogen) atoms. The first-order valence-corrected chi connectivity index (χ1v) is 10.8. The summed E-state index contributed by atoms with van der Waals surface area (Å²) in [5.74, 6) is 0.244. The molecule has 0 aromatic heterocycles. The molecule has 1 fully saturated rings. The molecule has 0 N–H and O–H groups in total. The van der Waals surface area contributed by atoms with E-state index in [1.54, 1.807) is 47.4 Å². The molecule has 5 nitrogen and oxygen atoms in total. The van der Waals surface area contributed by atoms with Crippen LogP contribution in [0.3, 0.4) is 0 Å². The third-order valence-electron chi connectivity index (χ3n) is 4.73. The summed E-state index contributed by atoms with van der Waals surface area (Å²) in [7, 11) is -3.87. The molecule has 1 heterocycles. The van der Waals surface area contributed by atoms with E-state index in [1.165, 1.54) is 16.4 Å². The van der Waals surface area contributed by atoms with Gasteiger partial charge in [0.1, 0.15) is 6.54 Å². The Kier molecular flexibility index (Phi) is 6.07. The van der Waals surface area contributed by atoms with Crippen molar-refractivity contribution in [2.24, 2.45) is 5.92 Å². The highest BCUT2D eigenvalue weighted by Gasteiger charge is 2.30. The van der Waals surface area contributed by atoms with Gasteiger partial charge in [0.2, 0.25) is 5.91 Å². The molecule has 1 aliphatic rings. The second kappa shape index (κ2) is 8.31. The number of piperidine rings is 1. The summed E-state index contributed by atoms with van der Waals surface area (Å²) in [6, 6.07) is 14.6. The predicted octanol–water partition coefficient (Wildman–Crippen LogP) is 3.79. The maximum Gasteiger partial charge on any atom is 0.264 e. The molecule has 0 bridgehead atoms. The molecule has 1 atom stereocenters. The Hall–Kier alpha value is -2.05. The number of carbonyl (C=O) groups is 1. The van der Waals surface area contributed by atoms with Crippen LogP contribution in [0.1, 0.15) is 19.8 Å². The van der Waals surface area contributed by atoms with Crippen LogP contribution in [0.25, 0.3) is 0 Å². The van der Waals surface area contributed by atoms with Gasteiger partial charge in [-0.05, 0) is 55.2 Å². The maximum absolute atomic E-state index is 13.2. The number of halogens is 1. The van der Waals surface area contributed by atoms with Gasteiger partial charge in [-0.2, -0.15) is 0 Å². The van der Waals surface area contributed by atoms with Crippen LogP contribution in [-0.2, 0) is 14.8 Å². The van der Waals surface area contributed by atoms with Crippen molar-refractivity contribution >= 4 is 33.2 Å². The highest BCUT2D eigenvalue weighted by molar-refractivity contribution is 7.92. The van der Waals surface area contributed by atoms with E-state index in [4.69, 9.17) is 11.6 Å². The Balaban J connectivity index is 1.93. The van der Waals surface area contributed by atoms with Gasteiger partial charge in [0.25, 0.3) is 10.0 Å². The molecule has 0 aliphatic carbocycles. The van der Waals surface area contributed by atoms with Crippen molar-refractivity contribution in [3.63, 3.8) is 0 Å². The quantitative estimate of drug-likeness (QED) is 0.758. The van der Waals surface area contributed by atoms with Crippen LogP contribution >= 0.6 is 11.6 Å². The van der Waals surface area contributed by atoms with Gasteiger partial charge in [-0.15, -0.1) is 0 Å². The van der Waals surface area contributed by atoms with Gasteiger partial charge in [0.05, 0.1) is 10.6 Å². The van der Waals surface area contributed by atoms with Gasteiger partial charge in [-0.25, -0.2) is 8.42 Å². The van der Waals surface area contributed by atoms with Crippen molar-refractivity contribution in [2.75, 3.05) is 23.9 Å². The fourth-order valence-corrected chi connectivity index (χ4v) is 4.84. The molecular formula is C20H23ClN2O3S. The van der Waals surface area contributed by atoms with E-state index in [2.05, 4.69) is 6.92 Å². The number of rotatable bonds is 5. The number of carbonyl (C=O) groups excluding carboxylic acids is 1. The van der Waals surface area contributed by atoms with E-state index in [0.29, 0.717) is 29.7 Å². The minimum absolute atomic E-state index is 0.153. The Bertz CT molecular complexity index is 885. The lowest BCUT2D eigenvalue weighted by atomic mass is 10.0. The normalized spacial score (nSPS) is 17.6. The SMILES string of the molecule is CC1CCCN(C(=O)CN(c2ccc(Cl)cc2)S(=O)(=O)c2ccccc2)C1. The molecule has 2 aromatic carbocycles. The first kappa shape index (κ1) is 19.7. The van der Waals surface area contributed by atoms with Crippen molar-refractivity contribution in [2.45, 2.75) is 24.7 Å². The summed E-state index contributed by atoms with van der Waals surface area (Å²) in [6.07, 6.45) is 2.03. The third-order valence-corrected chi connectivity index (χ3v) is 6.77. The molecular weight excluding hydrogens is 384 g/mol. The molecule has 1 saturated heterocycles. The van der Waals surface area contributed by atoms with Crippen molar-refractivity contribution in [1.82, 2.24) is 4.90 Å². The fraction of sp³-hybridized carbons (Fsp3) is 0.350. The lowest BCUT2D eigenvalue weighted by molar-refractivity contribution is -0.131. The smallest absolute Gasteiger partial charge is 0.264 e. The van der Waals surface area contributed by atoms with Gasteiger partial charge in [0.15, 0.2) is 0 Å². The number of likely N-dealkylation sites (tertiary alicyclic amines) is 1. The van der Waals surface area contributed by atoms with E-state index in [9.17, 15) is 13.2 Å². The van der Waals surface area contributed by atoms with Crippen molar-refractivity contribution in [3.8, 4) is 0 Å². The fourth-order valence-electron chi connectivity index (χ4n) is 3.28. The number of hydrogen-bond donors (Lipinski definition) is 0. The molecule has 3 rings (SSSR count). The average Bonchev–Trinajstić information content (AvgIpc) is 2.67. The summed E-state index contributed by atoms with van der Waals surface area (Å²) in [5.41, 5.74) is 0.418. The highest BCUT2D eigenvalue weighted by atomic mass is 35.5. The largest absolute Gasteiger partial charge is 0.341 e. The van der Waals surface area contributed by atoms with Crippen LogP contribution in [0.4, 0.5) is 5.69 Å². The lowest BCUT2D eigenvalue weighted by Gasteiger charge is -2.33. The maximum atomic E-state index is 13.2. The van der Waals surface area contributed by atoms with Gasteiger partial charge in [-0.3, -0.25) is 9.10 Å². The predicted molar refractivity (Wildman–Crippen MR) is 107 cm³/mol. The number of sulfonamides is 1. The molecule has 1 amide bonds. The second-order valence-corrected chi connectivity index (χ2v) is 9.19. The Morgan fingerprint density at radius 2 is 1.81 bits per heavy atom. The van der Waals surface area contributed by atoms with E-state index in [1.807, 2.05) is 0 Å². The third kappa shape index (κ3) is 4.62. The molecule has 7 heteroatoms. The van der Waals surface area contributed by atoms with Gasteiger partial charge in [0, 0.05) is 18.1 Å². The zero-order chi connectivity index (χ0) is 19.4. The second-order valence-electron chi connectivity index (χ2n) is 6.89. The molecule has 0 saturated carbocycles. The Labute approximate surface area is 165 Å². The van der Waals surface area contributed by atoms with Crippen LogP contribution in [0.15, 0.2) is 59.5 Å². The van der Waals surface area contributed by atoms with E-state index in [-0.39, 0.29) is 17.3 Å². The summed E-state index contributed by atoms with van der Waals surface area (Å²) >= 11 is 5.95. The number of benzene rings is 2. The number of hydrogen-bond acceptors (Lipinski definition) is 3. The minimum Gasteiger partial charge on any atom is -0.341 e. The van der Waals surface area contributed by atoms with Crippen molar-refractivity contribution in [3.05, 3.63) is 59.6 Å². The van der Waals surface area contributed by atoms with E-state index < -0.39 is 10.0 Å².